The van der Waals surface area contributed by atoms with E-state index in [1.54, 1.807) is 36.1 Å². The molecule has 0 aromatic heterocycles. The van der Waals surface area contributed by atoms with Gasteiger partial charge in [0.25, 0.3) is 0 Å². The van der Waals surface area contributed by atoms with E-state index in [9.17, 15) is 13.2 Å². The molecule has 0 bridgehead atoms. The Bertz CT molecular complexity index is 1300. The smallest absolute Gasteiger partial charge is 0.246 e. The first kappa shape index (κ1) is 25.6. The highest BCUT2D eigenvalue weighted by molar-refractivity contribution is 7.92. The molecule has 7 nitrogen and oxygen atoms in total. The van der Waals surface area contributed by atoms with Crippen molar-refractivity contribution < 1.29 is 17.9 Å². The summed E-state index contributed by atoms with van der Waals surface area (Å²) in [6, 6.07) is 21.5. The van der Waals surface area contributed by atoms with E-state index in [0.717, 1.165) is 6.26 Å². The van der Waals surface area contributed by atoms with Crippen LogP contribution in [0.4, 0.5) is 11.4 Å². The van der Waals surface area contributed by atoms with E-state index in [1.807, 2.05) is 30.3 Å². The van der Waals surface area contributed by atoms with Crippen molar-refractivity contribution in [2.24, 2.45) is 0 Å². The molecule has 8 heteroatoms. The Balaban J connectivity index is 1.46. The lowest BCUT2D eigenvalue weighted by atomic mass is 10.1. The van der Waals surface area contributed by atoms with Crippen LogP contribution in [0.15, 0.2) is 72.8 Å². The fourth-order valence-corrected chi connectivity index (χ4v) is 5.77. The van der Waals surface area contributed by atoms with Crippen LogP contribution in [-0.4, -0.2) is 57.7 Å². The Morgan fingerprint density at radius 3 is 2.08 bits per heavy atom. The van der Waals surface area contributed by atoms with Crippen molar-refractivity contribution >= 4 is 27.3 Å². The van der Waals surface area contributed by atoms with Crippen molar-refractivity contribution in [2.75, 3.05) is 41.6 Å². The second-order valence-electron chi connectivity index (χ2n) is 9.18. The van der Waals surface area contributed by atoms with Gasteiger partial charge >= 0.3 is 0 Å². The number of hydrogen-bond acceptors (Lipinski definition) is 5. The molecule has 0 aliphatic carbocycles. The number of piperazine rings is 1. The number of nitrogens with zero attached hydrogens (tertiary/aromatic N) is 3. The molecule has 36 heavy (non-hydrogen) atoms. The van der Waals surface area contributed by atoms with Gasteiger partial charge < -0.3 is 14.5 Å². The summed E-state index contributed by atoms with van der Waals surface area (Å²) in [5.74, 6) is 1.07. The van der Waals surface area contributed by atoms with Crippen LogP contribution in [0.2, 0.25) is 0 Å². The number of amides is 1. The summed E-state index contributed by atoms with van der Waals surface area (Å²) < 4.78 is 32.5. The standard InChI is InChI=1S/C28H33N3O4S/c1-21-9-8-12-27(22(21)2)29-17-19-30(20-18-29)28(32)23(3)31(36(4,33)34)24-13-15-26(16-14-24)35-25-10-6-5-7-11-25/h5-16,23H,17-20H2,1-4H3/t23-/m0/s1. The second kappa shape index (κ2) is 10.6. The third-order valence-electron chi connectivity index (χ3n) is 6.64. The number of ether oxygens (including phenoxy) is 1. The SMILES string of the molecule is Cc1cccc(N2CCN(C(=O)[C@H](C)N(c3ccc(Oc4ccccc4)cc3)S(C)(=O)=O)CC2)c1C. The molecule has 1 atom stereocenters. The van der Waals surface area contributed by atoms with Gasteiger partial charge in [0, 0.05) is 31.9 Å². The fraction of sp³-hybridized carbons (Fsp3) is 0.321. The fourth-order valence-electron chi connectivity index (χ4n) is 4.60. The summed E-state index contributed by atoms with van der Waals surface area (Å²) in [5, 5.41) is 0. The second-order valence-corrected chi connectivity index (χ2v) is 11.0. The molecule has 3 aromatic carbocycles. The number of anilines is 2. The number of sulfonamides is 1. The van der Waals surface area contributed by atoms with Crippen LogP contribution in [0.25, 0.3) is 0 Å². The molecule has 1 heterocycles. The van der Waals surface area contributed by atoms with E-state index in [0.29, 0.717) is 43.4 Å². The highest BCUT2D eigenvalue weighted by atomic mass is 32.2. The molecule has 3 aromatic rings. The van der Waals surface area contributed by atoms with Gasteiger partial charge in [-0.15, -0.1) is 0 Å². The Kier molecular flexibility index (Phi) is 7.54. The van der Waals surface area contributed by atoms with E-state index >= 15 is 0 Å². The van der Waals surface area contributed by atoms with E-state index in [2.05, 4.69) is 36.9 Å². The normalized spacial score (nSPS) is 14.9. The van der Waals surface area contributed by atoms with Crippen LogP contribution in [0.5, 0.6) is 11.5 Å². The third-order valence-corrected chi connectivity index (χ3v) is 7.89. The van der Waals surface area contributed by atoms with E-state index in [1.165, 1.54) is 21.1 Å². The predicted octanol–water partition coefficient (Wildman–Crippen LogP) is 4.60. The molecule has 0 saturated carbocycles. The molecule has 4 rings (SSSR count). The van der Waals surface area contributed by atoms with Gasteiger partial charge in [-0.05, 0) is 74.4 Å². The zero-order valence-corrected chi connectivity index (χ0v) is 22.0. The topological polar surface area (TPSA) is 70.2 Å². The number of benzene rings is 3. The first-order valence-electron chi connectivity index (χ1n) is 12.1. The molecule has 0 spiro atoms. The third kappa shape index (κ3) is 5.65. The number of para-hydroxylation sites is 1. The molecule has 190 valence electrons. The average Bonchev–Trinajstić information content (AvgIpc) is 2.86. The molecule has 1 aliphatic heterocycles. The van der Waals surface area contributed by atoms with Crippen LogP contribution in [-0.2, 0) is 14.8 Å². The molecule has 1 fully saturated rings. The predicted molar refractivity (Wildman–Crippen MR) is 144 cm³/mol. The Morgan fingerprint density at radius 1 is 0.861 bits per heavy atom. The molecule has 0 N–H and O–H groups in total. The average molecular weight is 508 g/mol. The lowest BCUT2D eigenvalue weighted by Gasteiger charge is -2.39. The number of rotatable bonds is 7. The molecule has 0 unspecified atom stereocenters. The van der Waals surface area contributed by atoms with E-state index in [4.69, 9.17) is 4.74 Å². The summed E-state index contributed by atoms with van der Waals surface area (Å²) in [5.41, 5.74) is 4.09. The van der Waals surface area contributed by atoms with Crippen molar-refractivity contribution in [1.29, 1.82) is 0 Å². The zero-order valence-electron chi connectivity index (χ0n) is 21.2. The number of aryl methyl sites for hydroxylation is 1. The van der Waals surface area contributed by atoms with Gasteiger partial charge in [-0.1, -0.05) is 30.3 Å². The molecule has 1 amide bonds. The molecular formula is C28H33N3O4S. The van der Waals surface area contributed by atoms with E-state index in [-0.39, 0.29) is 5.91 Å². The molecule has 0 radical (unpaired) electrons. The maximum Gasteiger partial charge on any atom is 0.246 e. The Hall–Kier alpha value is -3.52. The first-order chi connectivity index (χ1) is 17.1. The minimum atomic E-state index is -3.70. The van der Waals surface area contributed by atoms with Gasteiger partial charge in [0.1, 0.15) is 17.5 Å². The summed E-state index contributed by atoms with van der Waals surface area (Å²) in [7, 11) is -3.70. The van der Waals surface area contributed by atoms with Crippen molar-refractivity contribution in [3.63, 3.8) is 0 Å². The van der Waals surface area contributed by atoms with Gasteiger partial charge in [-0.2, -0.15) is 0 Å². The van der Waals surface area contributed by atoms with Crippen LogP contribution >= 0.6 is 0 Å². The number of carbonyl (C=O) groups is 1. The Labute approximate surface area is 214 Å². The first-order valence-corrected chi connectivity index (χ1v) is 13.9. The summed E-state index contributed by atoms with van der Waals surface area (Å²) in [6.07, 6.45) is 1.13. The minimum Gasteiger partial charge on any atom is -0.457 e. The maximum absolute atomic E-state index is 13.4. The Morgan fingerprint density at radius 2 is 1.47 bits per heavy atom. The van der Waals surface area contributed by atoms with Crippen LogP contribution in [0.1, 0.15) is 18.1 Å². The number of hydrogen-bond donors (Lipinski definition) is 0. The quantitative estimate of drug-likeness (QED) is 0.468. The van der Waals surface area contributed by atoms with Crippen LogP contribution in [0.3, 0.4) is 0 Å². The molecule has 1 aliphatic rings. The monoisotopic (exact) mass is 507 g/mol. The van der Waals surface area contributed by atoms with Crippen molar-refractivity contribution in [1.82, 2.24) is 4.90 Å². The highest BCUT2D eigenvalue weighted by Crippen LogP contribution is 2.28. The van der Waals surface area contributed by atoms with Crippen LogP contribution in [0, 0.1) is 13.8 Å². The summed E-state index contributed by atoms with van der Waals surface area (Å²) >= 11 is 0. The van der Waals surface area contributed by atoms with Crippen molar-refractivity contribution in [2.45, 2.75) is 26.8 Å². The summed E-state index contributed by atoms with van der Waals surface area (Å²) in [6.45, 7) is 8.34. The minimum absolute atomic E-state index is 0.203. The van der Waals surface area contributed by atoms with Gasteiger partial charge in [0.15, 0.2) is 0 Å². The number of carbonyl (C=O) groups excluding carboxylic acids is 1. The summed E-state index contributed by atoms with van der Waals surface area (Å²) in [4.78, 5) is 17.5. The lowest BCUT2D eigenvalue weighted by Crippen LogP contribution is -2.55. The highest BCUT2D eigenvalue weighted by Gasteiger charge is 2.33. The van der Waals surface area contributed by atoms with Gasteiger partial charge in [0.2, 0.25) is 15.9 Å². The van der Waals surface area contributed by atoms with Gasteiger partial charge in [-0.25, -0.2) is 8.42 Å². The van der Waals surface area contributed by atoms with Gasteiger partial charge in [0.05, 0.1) is 11.9 Å². The van der Waals surface area contributed by atoms with Crippen molar-refractivity contribution in [3.05, 3.63) is 83.9 Å². The molecular weight excluding hydrogens is 474 g/mol. The lowest BCUT2D eigenvalue weighted by molar-refractivity contribution is -0.132. The largest absolute Gasteiger partial charge is 0.457 e. The van der Waals surface area contributed by atoms with Crippen LogP contribution < -0.4 is 13.9 Å². The van der Waals surface area contributed by atoms with Gasteiger partial charge in [-0.3, -0.25) is 9.10 Å². The molecule has 1 saturated heterocycles. The van der Waals surface area contributed by atoms with E-state index < -0.39 is 16.1 Å². The maximum atomic E-state index is 13.4. The van der Waals surface area contributed by atoms with Crippen molar-refractivity contribution in [3.8, 4) is 11.5 Å². The zero-order chi connectivity index (χ0) is 25.9.